The quantitative estimate of drug-likeness (QED) is 0.809. The summed E-state index contributed by atoms with van der Waals surface area (Å²) in [5, 5.41) is 5.23. The first kappa shape index (κ1) is 13.3. The summed E-state index contributed by atoms with van der Waals surface area (Å²) in [6, 6.07) is 1.05. The molecule has 0 spiro atoms. The molecule has 0 saturated carbocycles. The van der Waals surface area contributed by atoms with Crippen molar-refractivity contribution in [1.82, 2.24) is 10.6 Å². The van der Waals surface area contributed by atoms with E-state index in [2.05, 4.69) is 10.6 Å². The summed E-state index contributed by atoms with van der Waals surface area (Å²) < 4.78 is 4.82. The van der Waals surface area contributed by atoms with Crippen LogP contribution in [0.4, 0.5) is 0 Å². The fourth-order valence-electron chi connectivity index (χ4n) is 1.51. The Balaban J connectivity index is 2.66. The highest BCUT2D eigenvalue weighted by Crippen LogP contribution is 2.07. The topological polar surface area (TPSA) is 71.3 Å². The van der Waals surface area contributed by atoms with E-state index in [1.165, 1.54) is 12.5 Å². The molecular weight excluding hydrogens is 220 g/mol. The van der Waals surface area contributed by atoms with Crippen LogP contribution in [0, 0.1) is 5.92 Å². The highest BCUT2D eigenvalue weighted by Gasteiger charge is 2.21. The molecule has 1 heterocycles. The van der Waals surface area contributed by atoms with Gasteiger partial charge < -0.3 is 15.1 Å². The zero-order chi connectivity index (χ0) is 12.8. The van der Waals surface area contributed by atoms with Gasteiger partial charge in [-0.3, -0.25) is 9.59 Å². The minimum Gasteiger partial charge on any atom is -0.472 e. The Hall–Kier alpha value is -1.78. The third-order valence-electron chi connectivity index (χ3n) is 2.36. The summed E-state index contributed by atoms with van der Waals surface area (Å²) in [7, 11) is 1.56. The molecule has 1 aromatic rings. The molecular formula is C12H18N2O3. The maximum atomic E-state index is 11.8. The minimum absolute atomic E-state index is 0.185. The van der Waals surface area contributed by atoms with Crippen LogP contribution in [0.25, 0.3) is 0 Å². The first-order valence-electron chi connectivity index (χ1n) is 5.59. The fraction of sp³-hybridized carbons (Fsp3) is 0.500. The lowest BCUT2D eigenvalue weighted by molar-refractivity contribution is -0.122. The summed E-state index contributed by atoms with van der Waals surface area (Å²) in [4.78, 5) is 23.4. The van der Waals surface area contributed by atoms with Crippen LogP contribution in [0.5, 0.6) is 0 Å². The van der Waals surface area contributed by atoms with Crippen LogP contribution in [-0.2, 0) is 4.79 Å². The number of carbonyl (C=O) groups excluding carboxylic acids is 2. The van der Waals surface area contributed by atoms with Crippen molar-refractivity contribution in [2.75, 3.05) is 7.05 Å². The molecule has 1 atom stereocenters. The molecule has 17 heavy (non-hydrogen) atoms. The van der Waals surface area contributed by atoms with Gasteiger partial charge in [0.25, 0.3) is 5.91 Å². The van der Waals surface area contributed by atoms with Crippen LogP contribution >= 0.6 is 0 Å². The molecule has 0 fully saturated rings. The average molecular weight is 238 g/mol. The highest BCUT2D eigenvalue weighted by atomic mass is 16.3. The first-order chi connectivity index (χ1) is 8.04. The zero-order valence-electron chi connectivity index (χ0n) is 10.3. The van der Waals surface area contributed by atoms with E-state index in [-0.39, 0.29) is 11.8 Å². The largest absolute Gasteiger partial charge is 0.472 e. The molecule has 2 amide bonds. The Morgan fingerprint density at radius 1 is 1.41 bits per heavy atom. The zero-order valence-corrected chi connectivity index (χ0v) is 10.3. The Bertz CT molecular complexity index is 371. The van der Waals surface area contributed by atoms with Crippen molar-refractivity contribution in [1.29, 1.82) is 0 Å². The lowest BCUT2D eigenvalue weighted by Gasteiger charge is -2.18. The van der Waals surface area contributed by atoms with Gasteiger partial charge in [0.1, 0.15) is 12.3 Å². The van der Waals surface area contributed by atoms with E-state index in [4.69, 9.17) is 4.42 Å². The second-order valence-electron chi connectivity index (χ2n) is 4.28. The molecule has 0 aliphatic rings. The molecule has 0 unspecified atom stereocenters. The van der Waals surface area contributed by atoms with E-state index >= 15 is 0 Å². The maximum Gasteiger partial charge on any atom is 0.255 e. The van der Waals surface area contributed by atoms with Crippen molar-refractivity contribution >= 4 is 11.8 Å². The molecule has 5 heteroatoms. The predicted octanol–water partition coefficient (Wildman–Crippen LogP) is 1.17. The lowest BCUT2D eigenvalue weighted by Crippen LogP contribution is -2.46. The van der Waals surface area contributed by atoms with Crippen LogP contribution in [-0.4, -0.2) is 24.9 Å². The SMILES string of the molecule is CNC(=O)[C@@H](CC(C)C)NC(=O)c1ccoc1. The van der Waals surface area contributed by atoms with Crippen LogP contribution in [0.1, 0.15) is 30.6 Å². The van der Waals surface area contributed by atoms with Gasteiger partial charge in [-0.2, -0.15) is 0 Å². The van der Waals surface area contributed by atoms with E-state index in [9.17, 15) is 9.59 Å². The Kier molecular flexibility index (Phi) is 4.75. The van der Waals surface area contributed by atoms with E-state index in [0.717, 1.165) is 0 Å². The molecule has 5 nitrogen and oxygen atoms in total. The second kappa shape index (κ2) is 6.08. The van der Waals surface area contributed by atoms with Crippen LogP contribution in [0.3, 0.4) is 0 Å². The standard InChI is InChI=1S/C12H18N2O3/c1-8(2)6-10(12(16)13-3)14-11(15)9-4-5-17-7-9/h4-5,7-8,10H,6H2,1-3H3,(H,13,16)(H,14,15)/t10-/m1/s1. The smallest absolute Gasteiger partial charge is 0.255 e. The number of likely N-dealkylation sites (N-methyl/N-ethyl adjacent to an activating group) is 1. The minimum atomic E-state index is -0.512. The number of nitrogens with one attached hydrogen (secondary N) is 2. The van der Waals surface area contributed by atoms with Crippen LogP contribution in [0.2, 0.25) is 0 Å². The summed E-state index contributed by atoms with van der Waals surface area (Å²) in [6.45, 7) is 4.00. The van der Waals surface area contributed by atoms with Gasteiger partial charge in [0.2, 0.25) is 5.91 Å². The molecule has 94 valence electrons. The average Bonchev–Trinajstić information content (AvgIpc) is 2.79. The molecule has 1 rings (SSSR count). The van der Waals surface area contributed by atoms with Gasteiger partial charge in [-0.15, -0.1) is 0 Å². The van der Waals surface area contributed by atoms with E-state index < -0.39 is 6.04 Å². The highest BCUT2D eigenvalue weighted by molar-refractivity contribution is 5.97. The van der Waals surface area contributed by atoms with Crippen molar-refractivity contribution in [3.63, 3.8) is 0 Å². The van der Waals surface area contributed by atoms with E-state index in [1.54, 1.807) is 13.1 Å². The Labute approximate surface area is 101 Å². The van der Waals surface area contributed by atoms with Gasteiger partial charge in [-0.1, -0.05) is 13.8 Å². The van der Waals surface area contributed by atoms with Gasteiger partial charge in [-0.05, 0) is 18.4 Å². The van der Waals surface area contributed by atoms with Crippen molar-refractivity contribution in [2.24, 2.45) is 5.92 Å². The van der Waals surface area contributed by atoms with Crippen molar-refractivity contribution < 1.29 is 14.0 Å². The number of hydrogen-bond donors (Lipinski definition) is 2. The van der Waals surface area contributed by atoms with Gasteiger partial charge >= 0.3 is 0 Å². The summed E-state index contributed by atoms with van der Waals surface area (Å²) in [5.74, 6) is -0.162. The van der Waals surface area contributed by atoms with E-state index in [1.807, 2.05) is 13.8 Å². The van der Waals surface area contributed by atoms with Crippen molar-refractivity contribution in [3.8, 4) is 0 Å². The molecule has 0 aliphatic heterocycles. The summed E-state index contributed by atoms with van der Waals surface area (Å²) in [5.41, 5.74) is 0.419. The number of hydrogen-bond acceptors (Lipinski definition) is 3. The van der Waals surface area contributed by atoms with Gasteiger partial charge in [0.15, 0.2) is 0 Å². The monoisotopic (exact) mass is 238 g/mol. The molecule has 0 aromatic carbocycles. The fourth-order valence-corrected chi connectivity index (χ4v) is 1.51. The molecule has 0 bridgehead atoms. The molecule has 0 aliphatic carbocycles. The summed E-state index contributed by atoms with van der Waals surface area (Å²) in [6.07, 6.45) is 3.38. The molecule has 1 aromatic heterocycles. The molecule has 0 radical (unpaired) electrons. The summed E-state index contributed by atoms with van der Waals surface area (Å²) >= 11 is 0. The lowest BCUT2D eigenvalue weighted by atomic mass is 10.0. The number of rotatable bonds is 5. The van der Waals surface area contributed by atoms with Gasteiger partial charge in [-0.25, -0.2) is 0 Å². The number of furan rings is 1. The predicted molar refractivity (Wildman–Crippen MR) is 63.5 cm³/mol. The normalized spacial score (nSPS) is 12.2. The van der Waals surface area contributed by atoms with E-state index in [0.29, 0.717) is 17.9 Å². The Morgan fingerprint density at radius 3 is 2.59 bits per heavy atom. The van der Waals surface area contributed by atoms with Crippen LogP contribution < -0.4 is 10.6 Å². The number of amides is 2. The second-order valence-corrected chi connectivity index (χ2v) is 4.28. The first-order valence-corrected chi connectivity index (χ1v) is 5.59. The van der Waals surface area contributed by atoms with Gasteiger partial charge in [0, 0.05) is 7.05 Å². The number of carbonyl (C=O) groups is 2. The van der Waals surface area contributed by atoms with Crippen molar-refractivity contribution in [2.45, 2.75) is 26.3 Å². The van der Waals surface area contributed by atoms with Gasteiger partial charge in [0.05, 0.1) is 11.8 Å². The maximum absolute atomic E-state index is 11.8. The molecule has 0 saturated heterocycles. The third kappa shape index (κ3) is 3.94. The third-order valence-corrected chi connectivity index (χ3v) is 2.36. The van der Waals surface area contributed by atoms with Crippen molar-refractivity contribution in [3.05, 3.63) is 24.2 Å². The molecule has 2 N–H and O–H groups in total. The van der Waals surface area contributed by atoms with Crippen LogP contribution in [0.15, 0.2) is 23.0 Å². The Morgan fingerprint density at radius 2 is 2.12 bits per heavy atom.